The Labute approximate surface area is 109 Å². The highest BCUT2D eigenvalue weighted by Gasteiger charge is 2.39. The molecule has 112 valence electrons. The monoisotopic (exact) mass is 300 g/mol. The van der Waals surface area contributed by atoms with E-state index in [1.54, 1.807) is 6.92 Å². The van der Waals surface area contributed by atoms with Gasteiger partial charge in [-0.05, 0) is 6.42 Å². The molecule has 1 heterocycles. The molecule has 0 saturated heterocycles. The summed E-state index contributed by atoms with van der Waals surface area (Å²) in [6.45, 7) is 1.41. The lowest BCUT2D eigenvalue weighted by molar-refractivity contribution is -0.142. The first-order chi connectivity index (χ1) is 8.82. The molecule has 0 aromatic carbocycles. The molecule has 0 bridgehead atoms. The van der Waals surface area contributed by atoms with Crippen LogP contribution >= 0.6 is 7.82 Å². The number of carbonyl (C=O) groups excluding carboxylic acids is 1. The third-order valence-corrected chi connectivity index (χ3v) is 2.77. The van der Waals surface area contributed by atoms with Crippen LogP contribution in [0.4, 0.5) is 0 Å². The third kappa shape index (κ3) is 5.58. The zero-order valence-electron chi connectivity index (χ0n) is 10.5. The van der Waals surface area contributed by atoms with Crippen molar-refractivity contribution in [2.45, 2.75) is 19.4 Å². The molecular weight excluding hydrogens is 283 g/mol. The van der Waals surface area contributed by atoms with Gasteiger partial charge in [-0.1, -0.05) is 6.92 Å². The zero-order valence-corrected chi connectivity index (χ0v) is 11.4. The largest absolute Gasteiger partial charge is 0.527 e. The first kappa shape index (κ1) is 17.9. The molecule has 0 fully saturated rings. The van der Waals surface area contributed by atoms with Gasteiger partial charge >= 0.3 is 13.8 Å². The Kier molecular flexibility index (Phi) is 7.65. The van der Waals surface area contributed by atoms with E-state index in [-0.39, 0.29) is 19.0 Å². The van der Waals surface area contributed by atoms with Crippen molar-refractivity contribution in [3.8, 4) is 0 Å². The first-order valence-corrected chi connectivity index (χ1v) is 6.76. The number of phosphoric ester groups is 1. The van der Waals surface area contributed by atoms with Gasteiger partial charge in [-0.25, -0.2) is 9.36 Å². The van der Waals surface area contributed by atoms with Gasteiger partial charge in [0.25, 0.3) is 0 Å². The van der Waals surface area contributed by atoms with Gasteiger partial charge in [-0.15, -0.1) is 0 Å². The molecule has 0 saturated carbocycles. The van der Waals surface area contributed by atoms with Crippen molar-refractivity contribution in [3.63, 3.8) is 0 Å². The molecule has 0 radical (unpaired) electrons. The van der Waals surface area contributed by atoms with Crippen LogP contribution in [-0.4, -0.2) is 52.6 Å². The highest BCUT2D eigenvalue weighted by atomic mass is 31.2. The van der Waals surface area contributed by atoms with Crippen LogP contribution in [0.3, 0.4) is 0 Å². The average Bonchev–Trinajstić information content (AvgIpc) is 2.66. The Balaban J connectivity index is 0.000000711. The van der Waals surface area contributed by atoms with Gasteiger partial charge < -0.3 is 24.6 Å². The van der Waals surface area contributed by atoms with E-state index in [9.17, 15) is 14.5 Å². The second-order valence-corrected chi connectivity index (χ2v) is 4.69. The summed E-state index contributed by atoms with van der Waals surface area (Å²) in [7, 11) is -3.32. The van der Waals surface area contributed by atoms with Gasteiger partial charge in [0.05, 0.1) is 13.2 Å². The number of hydrogen-bond donors (Lipinski definition) is 4. The van der Waals surface area contributed by atoms with Crippen LogP contribution in [-0.2, 0) is 23.1 Å². The minimum atomic E-state index is -4.29. The molecule has 0 aromatic rings. The molecule has 4 N–H and O–H groups in total. The summed E-state index contributed by atoms with van der Waals surface area (Å²) >= 11 is 0. The third-order valence-electron chi connectivity index (χ3n) is 1.88. The SMILES string of the molecule is CCC1OC(=O)C(O)=C1OP(=O)(O)OC.OCCO. The van der Waals surface area contributed by atoms with Crippen molar-refractivity contribution in [1.82, 2.24) is 0 Å². The molecule has 0 aliphatic carbocycles. The zero-order chi connectivity index (χ0) is 15.1. The van der Waals surface area contributed by atoms with Gasteiger partial charge in [0.1, 0.15) is 0 Å². The van der Waals surface area contributed by atoms with Crippen molar-refractivity contribution >= 4 is 13.8 Å². The van der Waals surface area contributed by atoms with Crippen LogP contribution in [0.2, 0.25) is 0 Å². The molecule has 0 amide bonds. The number of esters is 1. The average molecular weight is 300 g/mol. The van der Waals surface area contributed by atoms with Crippen molar-refractivity contribution in [1.29, 1.82) is 0 Å². The van der Waals surface area contributed by atoms with Gasteiger partial charge in [0.15, 0.2) is 11.9 Å². The predicted octanol–water partition coefficient (Wildman–Crippen LogP) is -0.174. The van der Waals surface area contributed by atoms with Crippen molar-refractivity contribution in [2.24, 2.45) is 0 Å². The quantitative estimate of drug-likeness (QED) is 0.401. The number of cyclic esters (lactones) is 1. The Hall–Kier alpha value is -1.12. The standard InChI is InChI=1S/C7H11O7P.C2H6O2/c1-3-4-6(5(8)7(9)13-4)14-15(10,11)12-2;3-1-2-4/h4,8H,3H2,1-2H3,(H,10,11);3-4H,1-2H2. The smallest absolute Gasteiger partial charge is 0.499 e. The number of aliphatic hydroxyl groups is 3. The lowest BCUT2D eigenvalue weighted by Gasteiger charge is -2.14. The lowest BCUT2D eigenvalue weighted by atomic mass is 10.2. The van der Waals surface area contributed by atoms with Gasteiger partial charge in [-0.2, -0.15) is 0 Å². The summed E-state index contributed by atoms with van der Waals surface area (Å²) in [5, 5.41) is 24.5. The second-order valence-electron chi connectivity index (χ2n) is 3.20. The van der Waals surface area contributed by atoms with E-state index in [4.69, 9.17) is 15.1 Å². The second kappa shape index (κ2) is 8.13. The molecule has 9 nitrogen and oxygen atoms in total. The van der Waals surface area contributed by atoms with E-state index in [1.165, 1.54) is 0 Å². The maximum Gasteiger partial charge on any atom is 0.527 e. The molecule has 1 aliphatic heterocycles. The predicted molar refractivity (Wildman–Crippen MR) is 61.9 cm³/mol. The molecule has 0 aromatic heterocycles. The molecule has 10 heteroatoms. The van der Waals surface area contributed by atoms with E-state index in [1.807, 2.05) is 0 Å². The molecule has 19 heavy (non-hydrogen) atoms. The fourth-order valence-electron chi connectivity index (χ4n) is 1.02. The van der Waals surface area contributed by atoms with Crippen LogP contribution in [0.15, 0.2) is 11.5 Å². The van der Waals surface area contributed by atoms with Gasteiger partial charge in [0.2, 0.25) is 5.76 Å². The van der Waals surface area contributed by atoms with E-state index >= 15 is 0 Å². The topological polar surface area (TPSA) is 143 Å². The molecule has 1 aliphatic rings. The Morgan fingerprint density at radius 3 is 2.26 bits per heavy atom. The summed E-state index contributed by atoms with van der Waals surface area (Å²) in [5.74, 6) is -2.14. The van der Waals surface area contributed by atoms with Crippen molar-refractivity contribution in [3.05, 3.63) is 11.5 Å². The number of ether oxygens (including phenoxy) is 1. The van der Waals surface area contributed by atoms with Crippen LogP contribution in [0.5, 0.6) is 0 Å². The summed E-state index contributed by atoms with van der Waals surface area (Å²) < 4.78 is 24.4. The number of hydrogen-bond acceptors (Lipinski definition) is 8. The van der Waals surface area contributed by atoms with Gasteiger partial charge in [0, 0.05) is 7.11 Å². The normalized spacial score (nSPS) is 21.3. The maximum absolute atomic E-state index is 11.1. The van der Waals surface area contributed by atoms with Crippen LogP contribution in [0.1, 0.15) is 13.3 Å². The molecule has 2 atom stereocenters. The number of rotatable bonds is 5. The molecule has 2 unspecified atom stereocenters. The summed E-state index contributed by atoms with van der Waals surface area (Å²) in [4.78, 5) is 19.9. The summed E-state index contributed by atoms with van der Waals surface area (Å²) in [5.41, 5.74) is 0. The van der Waals surface area contributed by atoms with E-state index < -0.39 is 25.7 Å². The number of phosphoric acid groups is 1. The number of aliphatic hydroxyl groups excluding tert-OH is 3. The minimum Gasteiger partial charge on any atom is -0.499 e. The Morgan fingerprint density at radius 2 is 1.89 bits per heavy atom. The molecular formula is C9H17O9P. The lowest BCUT2D eigenvalue weighted by Crippen LogP contribution is -2.11. The first-order valence-electron chi connectivity index (χ1n) is 5.26. The Morgan fingerprint density at radius 1 is 1.37 bits per heavy atom. The highest BCUT2D eigenvalue weighted by molar-refractivity contribution is 7.47. The highest BCUT2D eigenvalue weighted by Crippen LogP contribution is 2.47. The van der Waals surface area contributed by atoms with Gasteiger partial charge in [-0.3, -0.25) is 9.42 Å². The van der Waals surface area contributed by atoms with E-state index in [2.05, 4.69) is 13.8 Å². The minimum absolute atomic E-state index is 0.125. The van der Waals surface area contributed by atoms with E-state index in [0.29, 0.717) is 6.42 Å². The van der Waals surface area contributed by atoms with Crippen LogP contribution in [0, 0.1) is 0 Å². The number of carbonyl (C=O) groups is 1. The van der Waals surface area contributed by atoms with Crippen LogP contribution in [0.25, 0.3) is 0 Å². The van der Waals surface area contributed by atoms with Crippen molar-refractivity contribution in [2.75, 3.05) is 20.3 Å². The maximum atomic E-state index is 11.1. The van der Waals surface area contributed by atoms with E-state index in [0.717, 1.165) is 7.11 Å². The summed E-state index contributed by atoms with van der Waals surface area (Å²) in [6.07, 6.45) is -0.539. The van der Waals surface area contributed by atoms with Crippen molar-refractivity contribution < 1.29 is 43.4 Å². The summed E-state index contributed by atoms with van der Waals surface area (Å²) in [6, 6.07) is 0. The molecule has 0 spiro atoms. The molecule has 1 rings (SSSR count). The Bertz CT molecular complexity index is 376. The van der Waals surface area contributed by atoms with Crippen LogP contribution < -0.4 is 0 Å². The fourth-order valence-corrected chi connectivity index (χ4v) is 1.55. The fraction of sp³-hybridized carbons (Fsp3) is 0.667.